The van der Waals surface area contributed by atoms with Gasteiger partial charge in [-0.05, 0) is 36.2 Å². The van der Waals surface area contributed by atoms with E-state index in [1.54, 1.807) is 6.07 Å². The summed E-state index contributed by atoms with van der Waals surface area (Å²) in [5.74, 6) is -0.331. The fraction of sp³-hybridized carbons (Fsp3) is 0.200. The summed E-state index contributed by atoms with van der Waals surface area (Å²) in [6.07, 6.45) is 2.51. The molecule has 0 aliphatic rings. The maximum Gasteiger partial charge on any atom is 0.335 e. The maximum atomic E-state index is 10.9. The first-order chi connectivity index (χ1) is 9.11. The van der Waals surface area contributed by atoms with Crippen molar-refractivity contribution < 1.29 is 9.90 Å². The molecule has 0 bridgehead atoms. The number of aromatic nitrogens is 1. The number of aryl methyl sites for hydroxylation is 1. The fourth-order valence-corrected chi connectivity index (χ4v) is 1.82. The lowest BCUT2D eigenvalue weighted by molar-refractivity contribution is 0.0697. The topological polar surface area (TPSA) is 53.4 Å². The van der Waals surface area contributed by atoms with Crippen LogP contribution in [0.1, 0.15) is 22.8 Å². The third kappa shape index (κ3) is 2.91. The van der Waals surface area contributed by atoms with Crippen LogP contribution in [0.2, 0.25) is 0 Å². The van der Waals surface area contributed by atoms with Crippen LogP contribution in [-0.4, -0.2) is 23.1 Å². The first-order valence-corrected chi connectivity index (χ1v) is 6.14. The quantitative estimate of drug-likeness (QED) is 0.913. The van der Waals surface area contributed by atoms with Crippen molar-refractivity contribution in [3.63, 3.8) is 0 Å². The van der Waals surface area contributed by atoms with Crippen LogP contribution in [0.5, 0.6) is 0 Å². The van der Waals surface area contributed by atoms with Gasteiger partial charge in [-0.25, -0.2) is 9.78 Å². The number of hydrogen-bond acceptors (Lipinski definition) is 3. The largest absolute Gasteiger partial charge is 0.478 e. The Morgan fingerprint density at radius 3 is 2.53 bits per heavy atom. The molecular formula is C15H16N2O2. The van der Waals surface area contributed by atoms with E-state index in [9.17, 15) is 4.79 Å². The second-order valence-corrected chi connectivity index (χ2v) is 4.29. The van der Waals surface area contributed by atoms with Gasteiger partial charge in [0.15, 0.2) is 0 Å². The van der Waals surface area contributed by atoms with E-state index < -0.39 is 5.97 Å². The van der Waals surface area contributed by atoms with Crippen molar-refractivity contribution in [2.24, 2.45) is 0 Å². The Kier molecular flexibility index (Phi) is 3.80. The molecule has 1 aromatic carbocycles. The van der Waals surface area contributed by atoms with E-state index in [0.29, 0.717) is 5.82 Å². The number of carbonyl (C=O) groups is 1. The minimum atomic E-state index is -0.946. The number of hydrogen-bond donors (Lipinski definition) is 1. The molecule has 0 aliphatic heterocycles. The predicted molar refractivity (Wildman–Crippen MR) is 75.1 cm³/mol. The van der Waals surface area contributed by atoms with Gasteiger partial charge in [-0.2, -0.15) is 0 Å². The van der Waals surface area contributed by atoms with Crippen molar-refractivity contribution in [2.75, 3.05) is 11.9 Å². The highest BCUT2D eigenvalue weighted by molar-refractivity contribution is 5.88. The molecule has 2 aromatic rings. The summed E-state index contributed by atoms with van der Waals surface area (Å²) in [5, 5.41) is 8.98. The number of aromatic carboxylic acids is 1. The number of carboxylic acids is 1. The third-order valence-electron chi connectivity index (χ3n) is 3.07. The van der Waals surface area contributed by atoms with E-state index in [2.05, 4.69) is 24.0 Å². The molecular weight excluding hydrogens is 240 g/mol. The van der Waals surface area contributed by atoms with Crippen molar-refractivity contribution in [1.29, 1.82) is 0 Å². The normalized spacial score (nSPS) is 10.2. The predicted octanol–water partition coefficient (Wildman–Crippen LogP) is 3.11. The Morgan fingerprint density at radius 1 is 1.26 bits per heavy atom. The van der Waals surface area contributed by atoms with Crippen molar-refractivity contribution in [2.45, 2.75) is 13.3 Å². The molecule has 0 spiro atoms. The second-order valence-electron chi connectivity index (χ2n) is 4.29. The molecule has 0 saturated carbocycles. The number of rotatable bonds is 4. The van der Waals surface area contributed by atoms with Crippen LogP contribution in [0.3, 0.4) is 0 Å². The van der Waals surface area contributed by atoms with E-state index in [-0.39, 0.29) is 5.56 Å². The van der Waals surface area contributed by atoms with Crippen LogP contribution in [0.25, 0.3) is 0 Å². The standard InChI is InChI=1S/C15H16N2O2/c1-3-11-4-6-13(7-5-11)17(2)14-10-12(15(18)19)8-9-16-14/h4-10H,3H2,1-2H3,(H,18,19). The fourth-order valence-electron chi connectivity index (χ4n) is 1.82. The van der Waals surface area contributed by atoms with Gasteiger partial charge < -0.3 is 10.0 Å². The van der Waals surface area contributed by atoms with Gasteiger partial charge in [-0.1, -0.05) is 19.1 Å². The average molecular weight is 256 g/mol. The first kappa shape index (κ1) is 13.1. The molecule has 19 heavy (non-hydrogen) atoms. The molecule has 1 heterocycles. The lowest BCUT2D eigenvalue weighted by atomic mass is 10.1. The molecule has 98 valence electrons. The van der Waals surface area contributed by atoms with Crippen LogP contribution in [-0.2, 0) is 6.42 Å². The summed E-state index contributed by atoms with van der Waals surface area (Å²) >= 11 is 0. The van der Waals surface area contributed by atoms with Crippen molar-refractivity contribution in [3.05, 3.63) is 53.7 Å². The third-order valence-corrected chi connectivity index (χ3v) is 3.07. The van der Waals surface area contributed by atoms with Crippen molar-refractivity contribution in [3.8, 4) is 0 Å². The van der Waals surface area contributed by atoms with Gasteiger partial charge in [0, 0.05) is 18.9 Å². The van der Waals surface area contributed by atoms with E-state index >= 15 is 0 Å². The van der Waals surface area contributed by atoms with Gasteiger partial charge in [0.05, 0.1) is 5.56 Å². The molecule has 0 saturated heterocycles. The Bertz CT molecular complexity index is 579. The summed E-state index contributed by atoms with van der Waals surface area (Å²) in [5.41, 5.74) is 2.48. The van der Waals surface area contributed by atoms with Crippen molar-refractivity contribution in [1.82, 2.24) is 4.98 Å². The van der Waals surface area contributed by atoms with Crippen LogP contribution < -0.4 is 4.90 Å². The van der Waals surface area contributed by atoms with Gasteiger partial charge >= 0.3 is 5.97 Å². The number of benzene rings is 1. The number of pyridine rings is 1. The zero-order chi connectivity index (χ0) is 13.8. The Hall–Kier alpha value is -2.36. The van der Waals surface area contributed by atoms with Crippen LogP contribution in [0, 0.1) is 0 Å². The van der Waals surface area contributed by atoms with Gasteiger partial charge in [0.2, 0.25) is 0 Å². The monoisotopic (exact) mass is 256 g/mol. The van der Waals surface area contributed by atoms with Gasteiger partial charge in [0.25, 0.3) is 0 Å². The molecule has 0 atom stereocenters. The Morgan fingerprint density at radius 2 is 1.95 bits per heavy atom. The zero-order valence-electron chi connectivity index (χ0n) is 11.0. The van der Waals surface area contributed by atoms with Gasteiger partial charge in [-0.3, -0.25) is 0 Å². The highest BCUT2D eigenvalue weighted by Gasteiger charge is 2.09. The minimum Gasteiger partial charge on any atom is -0.478 e. The molecule has 1 aromatic heterocycles. The molecule has 0 radical (unpaired) electrons. The Balaban J connectivity index is 2.29. The van der Waals surface area contributed by atoms with E-state index in [0.717, 1.165) is 12.1 Å². The Labute approximate surface area is 112 Å². The summed E-state index contributed by atoms with van der Waals surface area (Å²) < 4.78 is 0. The van der Waals surface area contributed by atoms with Crippen LogP contribution in [0.15, 0.2) is 42.6 Å². The molecule has 0 aliphatic carbocycles. The molecule has 1 N–H and O–H groups in total. The molecule has 4 nitrogen and oxygen atoms in total. The molecule has 2 rings (SSSR count). The first-order valence-electron chi connectivity index (χ1n) is 6.14. The summed E-state index contributed by atoms with van der Waals surface area (Å²) in [7, 11) is 1.87. The van der Waals surface area contributed by atoms with E-state index in [1.807, 2.05) is 24.1 Å². The summed E-state index contributed by atoms with van der Waals surface area (Å²) in [4.78, 5) is 17.0. The molecule has 4 heteroatoms. The van der Waals surface area contributed by atoms with Gasteiger partial charge in [0.1, 0.15) is 5.82 Å². The summed E-state index contributed by atoms with van der Waals surface area (Å²) in [6, 6.07) is 11.2. The number of nitrogens with zero attached hydrogens (tertiary/aromatic N) is 2. The van der Waals surface area contributed by atoms with Crippen molar-refractivity contribution >= 4 is 17.5 Å². The average Bonchev–Trinajstić information content (AvgIpc) is 2.46. The minimum absolute atomic E-state index is 0.238. The lowest BCUT2D eigenvalue weighted by Crippen LogP contribution is -2.12. The van der Waals surface area contributed by atoms with E-state index in [4.69, 9.17) is 5.11 Å². The van der Waals surface area contributed by atoms with Gasteiger partial charge in [-0.15, -0.1) is 0 Å². The highest BCUT2D eigenvalue weighted by atomic mass is 16.4. The van der Waals surface area contributed by atoms with Crippen LogP contribution >= 0.6 is 0 Å². The SMILES string of the molecule is CCc1ccc(N(C)c2cc(C(=O)O)ccn2)cc1. The summed E-state index contributed by atoms with van der Waals surface area (Å²) in [6.45, 7) is 2.11. The maximum absolute atomic E-state index is 10.9. The zero-order valence-corrected chi connectivity index (χ0v) is 11.0. The van der Waals surface area contributed by atoms with E-state index in [1.165, 1.54) is 17.8 Å². The van der Waals surface area contributed by atoms with Crippen LogP contribution in [0.4, 0.5) is 11.5 Å². The molecule has 0 fully saturated rings. The number of carboxylic acid groups (broad SMARTS) is 1. The highest BCUT2D eigenvalue weighted by Crippen LogP contribution is 2.22. The molecule has 0 unspecified atom stereocenters. The second kappa shape index (κ2) is 5.52. The smallest absolute Gasteiger partial charge is 0.335 e. The molecule has 0 amide bonds. The number of anilines is 2. The lowest BCUT2D eigenvalue weighted by Gasteiger charge is -2.18.